The highest BCUT2D eigenvalue weighted by Gasteiger charge is 2.13. The Bertz CT molecular complexity index is 764. The molecule has 0 fully saturated rings. The Labute approximate surface area is 139 Å². The molecule has 0 atom stereocenters. The van der Waals surface area contributed by atoms with Crippen LogP contribution < -0.4 is 10.0 Å². The molecule has 0 bridgehead atoms. The van der Waals surface area contributed by atoms with E-state index >= 15 is 0 Å². The first-order valence-electron chi connectivity index (χ1n) is 6.17. The van der Waals surface area contributed by atoms with Crippen LogP contribution in [0.1, 0.15) is 0 Å². The molecule has 0 aliphatic heterocycles. The monoisotopic (exact) mass is 360 g/mol. The van der Waals surface area contributed by atoms with E-state index < -0.39 is 10.2 Å². The van der Waals surface area contributed by atoms with Gasteiger partial charge in [-0.3, -0.25) is 4.72 Å². The standard InChI is InChI=1S/C13H14Cl2N4O2S/c1-19(2)22(20,21)18-12-7-6-9(8-16-12)17-11-5-3-4-10(14)13(11)15/h3-8,17H,1-2H3,(H,16,18). The van der Waals surface area contributed by atoms with Crippen LogP contribution in [0, 0.1) is 0 Å². The summed E-state index contributed by atoms with van der Waals surface area (Å²) in [6.45, 7) is 0. The Morgan fingerprint density at radius 2 is 1.86 bits per heavy atom. The summed E-state index contributed by atoms with van der Waals surface area (Å²) in [5, 5.41) is 3.90. The van der Waals surface area contributed by atoms with Crippen LogP contribution in [0.4, 0.5) is 17.2 Å². The number of nitrogens with zero attached hydrogens (tertiary/aromatic N) is 2. The Hall–Kier alpha value is -1.54. The van der Waals surface area contributed by atoms with Crippen molar-refractivity contribution in [3.05, 3.63) is 46.6 Å². The summed E-state index contributed by atoms with van der Waals surface area (Å²) in [4.78, 5) is 4.04. The molecule has 22 heavy (non-hydrogen) atoms. The number of hydrogen-bond acceptors (Lipinski definition) is 4. The average molecular weight is 361 g/mol. The fourth-order valence-electron chi connectivity index (χ4n) is 1.51. The largest absolute Gasteiger partial charge is 0.353 e. The van der Waals surface area contributed by atoms with Gasteiger partial charge in [-0.25, -0.2) is 4.98 Å². The van der Waals surface area contributed by atoms with Crippen LogP contribution >= 0.6 is 23.2 Å². The highest BCUT2D eigenvalue weighted by molar-refractivity contribution is 7.90. The maximum absolute atomic E-state index is 11.7. The highest BCUT2D eigenvalue weighted by atomic mass is 35.5. The van der Waals surface area contributed by atoms with Gasteiger partial charge in [0.2, 0.25) is 0 Å². The van der Waals surface area contributed by atoms with Crippen LogP contribution in [0.25, 0.3) is 0 Å². The molecule has 2 rings (SSSR count). The van der Waals surface area contributed by atoms with Crippen molar-refractivity contribution in [2.45, 2.75) is 0 Å². The zero-order valence-electron chi connectivity index (χ0n) is 11.8. The minimum atomic E-state index is -3.57. The van der Waals surface area contributed by atoms with E-state index in [0.29, 0.717) is 21.4 Å². The van der Waals surface area contributed by atoms with Crippen LogP contribution in [0.2, 0.25) is 10.0 Å². The molecular formula is C13H14Cl2N4O2S. The van der Waals surface area contributed by atoms with Crippen molar-refractivity contribution in [3.8, 4) is 0 Å². The minimum Gasteiger partial charge on any atom is -0.353 e. The normalized spacial score (nSPS) is 11.5. The van der Waals surface area contributed by atoms with Gasteiger partial charge < -0.3 is 5.32 Å². The fraction of sp³-hybridized carbons (Fsp3) is 0.154. The first-order valence-corrected chi connectivity index (χ1v) is 8.36. The first-order chi connectivity index (χ1) is 10.3. The summed E-state index contributed by atoms with van der Waals surface area (Å²) in [6, 6.07) is 8.45. The molecular weight excluding hydrogens is 347 g/mol. The van der Waals surface area contributed by atoms with Gasteiger partial charge in [-0.1, -0.05) is 29.3 Å². The van der Waals surface area contributed by atoms with Crippen LogP contribution in [0.5, 0.6) is 0 Å². The molecule has 118 valence electrons. The third kappa shape index (κ3) is 4.01. The van der Waals surface area contributed by atoms with E-state index in [1.165, 1.54) is 20.3 Å². The predicted molar refractivity (Wildman–Crippen MR) is 90.2 cm³/mol. The SMILES string of the molecule is CN(C)S(=O)(=O)Nc1ccc(Nc2cccc(Cl)c2Cl)cn1. The molecule has 0 saturated heterocycles. The fourth-order valence-corrected chi connectivity index (χ4v) is 2.42. The van der Waals surface area contributed by atoms with Crippen molar-refractivity contribution < 1.29 is 8.42 Å². The van der Waals surface area contributed by atoms with E-state index in [9.17, 15) is 8.42 Å². The van der Waals surface area contributed by atoms with E-state index in [0.717, 1.165) is 4.31 Å². The molecule has 0 radical (unpaired) electrons. The summed E-state index contributed by atoms with van der Waals surface area (Å²) < 4.78 is 26.8. The van der Waals surface area contributed by atoms with Crippen molar-refractivity contribution in [2.75, 3.05) is 24.1 Å². The van der Waals surface area contributed by atoms with E-state index in [1.54, 1.807) is 30.3 Å². The smallest absolute Gasteiger partial charge is 0.302 e. The number of rotatable bonds is 5. The lowest BCUT2D eigenvalue weighted by molar-refractivity contribution is 0.526. The molecule has 1 aromatic heterocycles. The number of aromatic nitrogens is 1. The van der Waals surface area contributed by atoms with E-state index in [4.69, 9.17) is 23.2 Å². The summed E-state index contributed by atoms with van der Waals surface area (Å²) >= 11 is 12.0. The molecule has 0 aliphatic rings. The molecule has 6 nitrogen and oxygen atoms in total. The van der Waals surface area contributed by atoms with E-state index in [-0.39, 0.29) is 5.82 Å². The summed E-state index contributed by atoms with van der Waals surface area (Å²) in [5.74, 6) is 0.219. The second-order valence-electron chi connectivity index (χ2n) is 4.55. The quantitative estimate of drug-likeness (QED) is 0.857. The lowest BCUT2D eigenvalue weighted by Crippen LogP contribution is -2.29. The number of halogens is 2. The Morgan fingerprint density at radius 1 is 1.14 bits per heavy atom. The molecule has 1 heterocycles. The Kier molecular flexibility index (Phi) is 5.12. The lowest BCUT2D eigenvalue weighted by atomic mass is 10.3. The number of anilines is 3. The lowest BCUT2D eigenvalue weighted by Gasteiger charge is -2.13. The maximum atomic E-state index is 11.7. The minimum absolute atomic E-state index is 0.219. The Morgan fingerprint density at radius 3 is 2.45 bits per heavy atom. The number of pyridine rings is 1. The molecule has 0 aliphatic carbocycles. The number of hydrogen-bond donors (Lipinski definition) is 2. The second kappa shape index (κ2) is 6.70. The van der Waals surface area contributed by atoms with Gasteiger partial charge in [-0.2, -0.15) is 12.7 Å². The van der Waals surface area contributed by atoms with E-state index in [1.807, 2.05) is 0 Å². The molecule has 0 unspecified atom stereocenters. The van der Waals surface area contributed by atoms with Crippen molar-refractivity contribution in [3.63, 3.8) is 0 Å². The third-order valence-electron chi connectivity index (χ3n) is 2.71. The first kappa shape index (κ1) is 16.8. The number of nitrogens with one attached hydrogen (secondary N) is 2. The molecule has 0 spiro atoms. The summed E-state index contributed by atoms with van der Waals surface area (Å²) in [7, 11) is -0.714. The molecule has 2 N–H and O–H groups in total. The second-order valence-corrected chi connectivity index (χ2v) is 7.22. The molecule has 9 heteroatoms. The topological polar surface area (TPSA) is 74.3 Å². The molecule has 0 amide bonds. The van der Waals surface area contributed by atoms with Gasteiger partial charge in [0.15, 0.2) is 0 Å². The third-order valence-corrected chi connectivity index (χ3v) is 4.96. The van der Waals surface area contributed by atoms with Gasteiger partial charge in [0, 0.05) is 14.1 Å². The van der Waals surface area contributed by atoms with Gasteiger partial charge >= 0.3 is 10.2 Å². The van der Waals surface area contributed by atoms with E-state index in [2.05, 4.69) is 15.0 Å². The Balaban J connectivity index is 2.14. The van der Waals surface area contributed by atoms with Crippen molar-refractivity contribution in [1.29, 1.82) is 0 Å². The van der Waals surface area contributed by atoms with Gasteiger partial charge in [0.1, 0.15) is 5.82 Å². The van der Waals surface area contributed by atoms with Crippen molar-refractivity contribution in [2.24, 2.45) is 0 Å². The maximum Gasteiger partial charge on any atom is 0.302 e. The highest BCUT2D eigenvalue weighted by Crippen LogP contribution is 2.31. The molecule has 2 aromatic rings. The van der Waals surface area contributed by atoms with Gasteiger partial charge in [0.05, 0.1) is 27.6 Å². The van der Waals surface area contributed by atoms with Crippen LogP contribution in [0.3, 0.4) is 0 Å². The average Bonchev–Trinajstić information content (AvgIpc) is 2.45. The van der Waals surface area contributed by atoms with Crippen LogP contribution in [0.15, 0.2) is 36.5 Å². The van der Waals surface area contributed by atoms with Crippen molar-refractivity contribution >= 4 is 50.6 Å². The van der Waals surface area contributed by atoms with Gasteiger partial charge in [-0.15, -0.1) is 0 Å². The van der Waals surface area contributed by atoms with Crippen LogP contribution in [-0.2, 0) is 10.2 Å². The molecule has 0 saturated carbocycles. The number of benzene rings is 1. The predicted octanol–water partition coefficient (Wildman–Crippen LogP) is 3.35. The van der Waals surface area contributed by atoms with Crippen molar-refractivity contribution in [1.82, 2.24) is 9.29 Å². The van der Waals surface area contributed by atoms with Crippen LogP contribution in [-0.4, -0.2) is 31.8 Å². The summed E-state index contributed by atoms with van der Waals surface area (Å²) in [6.07, 6.45) is 1.49. The zero-order valence-corrected chi connectivity index (χ0v) is 14.2. The molecule has 1 aromatic carbocycles. The summed E-state index contributed by atoms with van der Waals surface area (Å²) in [5.41, 5.74) is 1.29. The zero-order chi connectivity index (χ0) is 16.3. The van der Waals surface area contributed by atoms with Gasteiger partial charge in [-0.05, 0) is 24.3 Å². The van der Waals surface area contributed by atoms with Gasteiger partial charge in [0.25, 0.3) is 0 Å².